The average Bonchev–Trinajstić information content (AvgIpc) is 2.71. The van der Waals surface area contributed by atoms with E-state index < -0.39 is 6.10 Å². The van der Waals surface area contributed by atoms with Crippen LogP contribution in [0.5, 0.6) is 5.75 Å². The second-order valence-corrected chi connectivity index (χ2v) is 6.75. The van der Waals surface area contributed by atoms with Crippen LogP contribution >= 0.6 is 0 Å². The second-order valence-electron chi connectivity index (χ2n) is 6.75. The molecule has 0 aliphatic carbocycles. The third-order valence-corrected chi connectivity index (χ3v) is 5.02. The van der Waals surface area contributed by atoms with Gasteiger partial charge in [-0.15, -0.1) is 0 Å². The van der Waals surface area contributed by atoms with Gasteiger partial charge in [0, 0.05) is 12.2 Å². The molecule has 0 spiro atoms. The zero-order valence-corrected chi connectivity index (χ0v) is 15.0. The van der Waals surface area contributed by atoms with Crippen LogP contribution in [-0.2, 0) is 11.2 Å². The SMILES string of the molecule is CC[C@@H](Oc1ccc2ccccc2c1)C(=O)N1CCCc2ccccc21. The molecule has 3 aromatic carbocycles. The summed E-state index contributed by atoms with van der Waals surface area (Å²) in [6.45, 7) is 2.76. The highest BCUT2D eigenvalue weighted by Gasteiger charge is 2.29. The van der Waals surface area contributed by atoms with Gasteiger partial charge in [0.05, 0.1) is 0 Å². The number of rotatable bonds is 4. The van der Waals surface area contributed by atoms with E-state index in [9.17, 15) is 4.79 Å². The lowest BCUT2D eigenvalue weighted by Crippen LogP contribution is -2.44. The number of fused-ring (bicyclic) bond motifs is 2. The number of para-hydroxylation sites is 1. The van der Waals surface area contributed by atoms with Gasteiger partial charge in [-0.2, -0.15) is 0 Å². The Morgan fingerprint density at radius 1 is 1.04 bits per heavy atom. The molecule has 1 aliphatic rings. The molecule has 3 heteroatoms. The maximum absolute atomic E-state index is 13.2. The van der Waals surface area contributed by atoms with E-state index in [0.717, 1.165) is 36.2 Å². The van der Waals surface area contributed by atoms with E-state index in [1.807, 2.05) is 60.4 Å². The van der Waals surface area contributed by atoms with E-state index in [0.29, 0.717) is 6.42 Å². The lowest BCUT2D eigenvalue weighted by Gasteiger charge is -2.32. The zero-order valence-electron chi connectivity index (χ0n) is 15.0. The summed E-state index contributed by atoms with van der Waals surface area (Å²) < 4.78 is 6.11. The second kappa shape index (κ2) is 7.20. The molecule has 3 aromatic rings. The first-order valence-corrected chi connectivity index (χ1v) is 9.31. The lowest BCUT2D eigenvalue weighted by atomic mass is 10.0. The number of carbonyl (C=O) groups excluding carboxylic acids is 1. The summed E-state index contributed by atoms with van der Waals surface area (Å²) in [5.41, 5.74) is 2.27. The highest BCUT2D eigenvalue weighted by Crippen LogP contribution is 2.29. The van der Waals surface area contributed by atoms with E-state index in [4.69, 9.17) is 4.74 Å². The van der Waals surface area contributed by atoms with Crippen LogP contribution in [0.3, 0.4) is 0 Å². The van der Waals surface area contributed by atoms with Crippen LogP contribution in [-0.4, -0.2) is 18.6 Å². The summed E-state index contributed by atoms with van der Waals surface area (Å²) in [6, 6.07) is 22.3. The molecular formula is C23H23NO2. The zero-order chi connectivity index (χ0) is 17.9. The Hall–Kier alpha value is -2.81. The predicted molar refractivity (Wildman–Crippen MR) is 106 cm³/mol. The summed E-state index contributed by atoms with van der Waals surface area (Å²) >= 11 is 0. The quantitative estimate of drug-likeness (QED) is 0.668. The molecule has 3 nitrogen and oxygen atoms in total. The fourth-order valence-corrected chi connectivity index (χ4v) is 3.65. The summed E-state index contributed by atoms with van der Waals surface area (Å²) in [6.07, 6.45) is 2.20. The fourth-order valence-electron chi connectivity index (χ4n) is 3.65. The molecule has 1 aliphatic heterocycles. The van der Waals surface area contributed by atoms with Gasteiger partial charge in [-0.3, -0.25) is 4.79 Å². The summed E-state index contributed by atoms with van der Waals surface area (Å²) in [5, 5.41) is 2.29. The molecule has 0 aromatic heterocycles. The Morgan fingerprint density at radius 2 is 1.81 bits per heavy atom. The van der Waals surface area contributed by atoms with Gasteiger partial charge in [-0.1, -0.05) is 55.5 Å². The summed E-state index contributed by atoms with van der Waals surface area (Å²) in [5.74, 6) is 0.794. The van der Waals surface area contributed by atoms with Crippen molar-refractivity contribution in [2.24, 2.45) is 0 Å². The number of hydrogen-bond donors (Lipinski definition) is 0. The molecule has 1 heterocycles. The highest BCUT2D eigenvalue weighted by atomic mass is 16.5. The van der Waals surface area contributed by atoms with Gasteiger partial charge >= 0.3 is 0 Å². The van der Waals surface area contributed by atoms with Crippen LogP contribution < -0.4 is 9.64 Å². The first-order valence-electron chi connectivity index (χ1n) is 9.31. The number of carbonyl (C=O) groups is 1. The Labute approximate surface area is 154 Å². The van der Waals surface area contributed by atoms with Crippen molar-refractivity contribution in [3.63, 3.8) is 0 Å². The lowest BCUT2D eigenvalue weighted by molar-refractivity contribution is -0.125. The van der Waals surface area contributed by atoms with Crippen LogP contribution in [0.15, 0.2) is 66.7 Å². The minimum absolute atomic E-state index is 0.0489. The molecule has 0 fully saturated rings. The van der Waals surface area contributed by atoms with Gasteiger partial charge < -0.3 is 9.64 Å². The molecule has 0 bridgehead atoms. The Balaban J connectivity index is 1.58. The largest absolute Gasteiger partial charge is 0.481 e. The van der Waals surface area contributed by atoms with Gasteiger partial charge in [-0.05, 0) is 53.8 Å². The maximum atomic E-state index is 13.2. The van der Waals surface area contributed by atoms with Crippen molar-refractivity contribution in [1.82, 2.24) is 0 Å². The van der Waals surface area contributed by atoms with Crippen LogP contribution in [0, 0.1) is 0 Å². The third-order valence-electron chi connectivity index (χ3n) is 5.02. The number of amides is 1. The topological polar surface area (TPSA) is 29.5 Å². The van der Waals surface area contributed by atoms with E-state index in [1.165, 1.54) is 10.9 Å². The maximum Gasteiger partial charge on any atom is 0.268 e. The standard InChI is InChI=1S/C23H23NO2/c1-2-22(26-20-14-13-17-8-3-4-10-19(17)16-20)23(25)24-15-7-11-18-9-5-6-12-21(18)24/h3-6,8-10,12-14,16,22H,2,7,11,15H2,1H3/t22-/m1/s1. The number of nitrogens with zero attached hydrogens (tertiary/aromatic N) is 1. The molecule has 0 unspecified atom stereocenters. The van der Waals surface area contributed by atoms with Crippen molar-refractivity contribution in [2.75, 3.05) is 11.4 Å². The number of benzene rings is 3. The molecule has 0 radical (unpaired) electrons. The number of anilines is 1. The van der Waals surface area contributed by atoms with Gasteiger partial charge in [0.1, 0.15) is 5.75 Å². The molecule has 1 amide bonds. The van der Waals surface area contributed by atoms with Gasteiger partial charge in [-0.25, -0.2) is 0 Å². The molecule has 1 atom stereocenters. The minimum Gasteiger partial charge on any atom is -0.481 e. The molecular weight excluding hydrogens is 322 g/mol. The van der Waals surface area contributed by atoms with Crippen molar-refractivity contribution in [3.8, 4) is 5.75 Å². The first-order chi connectivity index (χ1) is 12.8. The van der Waals surface area contributed by atoms with Crippen LogP contribution in [0.4, 0.5) is 5.69 Å². The molecule has 132 valence electrons. The minimum atomic E-state index is -0.470. The molecule has 26 heavy (non-hydrogen) atoms. The monoisotopic (exact) mass is 345 g/mol. The Bertz CT molecular complexity index is 934. The fraction of sp³-hybridized carbons (Fsp3) is 0.261. The first kappa shape index (κ1) is 16.6. The van der Waals surface area contributed by atoms with E-state index >= 15 is 0 Å². The van der Waals surface area contributed by atoms with Gasteiger partial charge in [0.2, 0.25) is 0 Å². The van der Waals surface area contributed by atoms with E-state index in [-0.39, 0.29) is 5.91 Å². The smallest absolute Gasteiger partial charge is 0.268 e. The van der Waals surface area contributed by atoms with Crippen molar-refractivity contribution in [3.05, 3.63) is 72.3 Å². The van der Waals surface area contributed by atoms with Gasteiger partial charge in [0.15, 0.2) is 6.10 Å². The van der Waals surface area contributed by atoms with Crippen molar-refractivity contribution in [1.29, 1.82) is 0 Å². The number of aryl methyl sites for hydroxylation is 1. The number of ether oxygens (including phenoxy) is 1. The molecule has 0 N–H and O–H groups in total. The molecule has 4 rings (SSSR count). The van der Waals surface area contributed by atoms with Crippen LogP contribution in [0.1, 0.15) is 25.3 Å². The van der Waals surface area contributed by atoms with Gasteiger partial charge in [0.25, 0.3) is 5.91 Å². The Morgan fingerprint density at radius 3 is 2.65 bits per heavy atom. The van der Waals surface area contributed by atoms with Crippen LogP contribution in [0.25, 0.3) is 10.8 Å². The van der Waals surface area contributed by atoms with E-state index in [2.05, 4.69) is 18.2 Å². The van der Waals surface area contributed by atoms with Crippen molar-refractivity contribution in [2.45, 2.75) is 32.3 Å². The number of hydrogen-bond acceptors (Lipinski definition) is 2. The Kier molecular flexibility index (Phi) is 4.61. The third kappa shape index (κ3) is 3.17. The average molecular weight is 345 g/mol. The van der Waals surface area contributed by atoms with Crippen LogP contribution in [0.2, 0.25) is 0 Å². The van der Waals surface area contributed by atoms with Crippen molar-refractivity contribution >= 4 is 22.4 Å². The summed E-state index contributed by atoms with van der Waals surface area (Å²) in [4.78, 5) is 15.1. The normalized spacial score (nSPS) is 14.7. The molecule has 0 saturated heterocycles. The molecule has 0 saturated carbocycles. The summed E-state index contributed by atoms with van der Waals surface area (Å²) in [7, 11) is 0. The predicted octanol–water partition coefficient (Wildman–Crippen LogP) is 4.98. The van der Waals surface area contributed by atoms with Crippen molar-refractivity contribution < 1.29 is 9.53 Å². The van der Waals surface area contributed by atoms with E-state index in [1.54, 1.807) is 0 Å². The highest BCUT2D eigenvalue weighted by molar-refractivity contribution is 5.98.